The third-order valence-electron chi connectivity index (χ3n) is 7.21. The van der Waals surface area contributed by atoms with Gasteiger partial charge in [0.05, 0.1) is 0 Å². The number of halogens is 1. The Balaban J connectivity index is 1.60. The maximum absolute atomic E-state index is 13.8. The number of carbonyl (C=O) groups excluding carboxylic acids is 2. The topological polar surface area (TPSA) is 49.4 Å². The molecule has 0 spiro atoms. The van der Waals surface area contributed by atoms with Gasteiger partial charge in [-0.25, -0.2) is 0 Å². The van der Waals surface area contributed by atoms with E-state index in [1.165, 1.54) is 12.0 Å². The molecule has 0 unspecified atom stereocenters. The molecular formula is C32H37ClN2O2. The number of amides is 2. The van der Waals surface area contributed by atoms with Gasteiger partial charge < -0.3 is 10.2 Å². The molecule has 0 radical (unpaired) electrons. The van der Waals surface area contributed by atoms with E-state index < -0.39 is 6.04 Å². The van der Waals surface area contributed by atoms with E-state index in [0.717, 1.165) is 42.4 Å². The lowest BCUT2D eigenvalue weighted by molar-refractivity contribution is -0.141. The van der Waals surface area contributed by atoms with E-state index in [1.807, 2.05) is 54.6 Å². The van der Waals surface area contributed by atoms with Gasteiger partial charge in [-0.1, -0.05) is 103 Å². The van der Waals surface area contributed by atoms with Crippen LogP contribution in [-0.2, 0) is 29.0 Å². The summed E-state index contributed by atoms with van der Waals surface area (Å²) in [5, 5.41) is 3.91. The molecule has 194 valence electrons. The molecular weight excluding hydrogens is 480 g/mol. The minimum Gasteiger partial charge on any atom is -0.352 e. The Morgan fingerprint density at radius 3 is 2.30 bits per heavy atom. The molecule has 1 saturated carbocycles. The second-order valence-electron chi connectivity index (χ2n) is 10.2. The predicted octanol–water partition coefficient (Wildman–Crippen LogP) is 6.67. The lowest BCUT2D eigenvalue weighted by atomic mass is 9.94. The number of aryl methyl sites for hydroxylation is 2. The van der Waals surface area contributed by atoms with Crippen LogP contribution in [-0.4, -0.2) is 28.8 Å². The van der Waals surface area contributed by atoms with Crippen LogP contribution in [0.15, 0.2) is 78.9 Å². The Labute approximate surface area is 226 Å². The number of hydrogen-bond acceptors (Lipinski definition) is 2. The van der Waals surface area contributed by atoms with Crippen LogP contribution >= 0.6 is 11.6 Å². The fourth-order valence-electron chi connectivity index (χ4n) is 5.08. The molecule has 4 nitrogen and oxygen atoms in total. The van der Waals surface area contributed by atoms with Gasteiger partial charge in [0, 0.05) is 30.5 Å². The minimum absolute atomic E-state index is 0.0275. The minimum atomic E-state index is -0.603. The SMILES string of the molecule is Cc1ccc(CCC(=O)N(Cc2cccc(Cl)c2)[C@H](Cc2ccccc2)C(=O)NC2CCCCC2)cc1. The van der Waals surface area contributed by atoms with E-state index in [9.17, 15) is 9.59 Å². The molecule has 37 heavy (non-hydrogen) atoms. The largest absolute Gasteiger partial charge is 0.352 e. The first-order valence-corrected chi connectivity index (χ1v) is 13.8. The quantitative estimate of drug-likeness (QED) is 0.327. The third kappa shape index (κ3) is 8.19. The second kappa shape index (κ2) is 13.4. The molecule has 0 aromatic heterocycles. The number of hydrogen-bond donors (Lipinski definition) is 1. The predicted molar refractivity (Wildman–Crippen MR) is 150 cm³/mol. The number of nitrogens with zero attached hydrogens (tertiary/aromatic N) is 1. The van der Waals surface area contributed by atoms with Crippen LogP contribution in [0.25, 0.3) is 0 Å². The summed E-state index contributed by atoms with van der Waals surface area (Å²) in [5.74, 6) is -0.0956. The Kier molecular flexibility index (Phi) is 9.78. The summed E-state index contributed by atoms with van der Waals surface area (Å²) in [6, 6.07) is 25.4. The highest BCUT2D eigenvalue weighted by molar-refractivity contribution is 6.30. The van der Waals surface area contributed by atoms with E-state index in [0.29, 0.717) is 30.8 Å². The summed E-state index contributed by atoms with van der Waals surface area (Å²) in [6.45, 7) is 2.39. The number of rotatable bonds is 10. The van der Waals surface area contributed by atoms with E-state index in [-0.39, 0.29) is 17.9 Å². The van der Waals surface area contributed by atoms with Gasteiger partial charge in [0.1, 0.15) is 6.04 Å². The van der Waals surface area contributed by atoms with Crippen molar-refractivity contribution in [1.82, 2.24) is 10.2 Å². The lowest BCUT2D eigenvalue weighted by Crippen LogP contribution is -2.52. The molecule has 0 saturated heterocycles. The van der Waals surface area contributed by atoms with Crippen molar-refractivity contribution < 1.29 is 9.59 Å². The zero-order valence-corrected chi connectivity index (χ0v) is 22.4. The molecule has 0 aliphatic heterocycles. The van der Waals surface area contributed by atoms with Gasteiger partial charge in [0.25, 0.3) is 0 Å². The zero-order chi connectivity index (χ0) is 26.0. The Morgan fingerprint density at radius 2 is 1.59 bits per heavy atom. The van der Waals surface area contributed by atoms with E-state index in [4.69, 9.17) is 11.6 Å². The highest BCUT2D eigenvalue weighted by Gasteiger charge is 2.31. The average Bonchev–Trinajstić information content (AvgIpc) is 2.91. The molecule has 1 fully saturated rings. The van der Waals surface area contributed by atoms with Crippen molar-refractivity contribution in [2.45, 2.75) is 76.9 Å². The molecule has 5 heteroatoms. The van der Waals surface area contributed by atoms with Gasteiger partial charge in [-0.05, 0) is 55.0 Å². The highest BCUT2D eigenvalue weighted by Crippen LogP contribution is 2.21. The van der Waals surface area contributed by atoms with Gasteiger partial charge in [0.15, 0.2) is 0 Å². The van der Waals surface area contributed by atoms with Crippen LogP contribution in [0, 0.1) is 6.92 Å². The van der Waals surface area contributed by atoms with Gasteiger partial charge in [-0.15, -0.1) is 0 Å². The van der Waals surface area contributed by atoms with Crippen molar-refractivity contribution >= 4 is 23.4 Å². The molecule has 3 aromatic rings. The summed E-state index contributed by atoms with van der Waals surface area (Å²) < 4.78 is 0. The Hall–Kier alpha value is -3.11. The van der Waals surface area contributed by atoms with Crippen LogP contribution < -0.4 is 5.32 Å². The summed E-state index contributed by atoms with van der Waals surface area (Å²) in [4.78, 5) is 29.4. The lowest BCUT2D eigenvalue weighted by Gasteiger charge is -2.33. The summed E-state index contributed by atoms with van der Waals surface area (Å²) in [5.41, 5.74) is 4.27. The fourth-order valence-corrected chi connectivity index (χ4v) is 5.29. The smallest absolute Gasteiger partial charge is 0.243 e. The van der Waals surface area contributed by atoms with Crippen LogP contribution in [0.4, 0.5) is 0 Å². The Morgan fingerprint density at radius 1 is 0.892 bits per heavy atom. The first kappa shape index (κ1) is 26.9. The molecule has 3 aromatic carbocycles. The standard InChI is InChI=1S/C32H37ClN2O2/c1-24-15-17-25(18-16-24)19-20-31(36)35(23-27-11-8-12-28(33)21-27)30(22-26-9-4-2-5-10-26)32(37)34-29-13-6-3-7-14-29/h2,4-5,8-12,15-18,21,29-30H,3,6-7,13-14,19-20,22-23H2,1H3,(H,34,37)/t30-/m1/s1. The van der Waals surface area contributed by atoms with Crippen molar-refractivity contribution in [3.8, 4) is 0 Å². The normalized spacial score (nSPS) is 14.6. The van der Waals surface area contributed by atoms with E-state index in [2.05, 4.69) is 36.5 Å². The number of benzene rings is 3. The average molecular weight is 517 g/mol. The van der Waals surface area contributed by atoms with Crippen molar-refractivity contribution in [3.05, 3.63) is 106 Å². The summed E-state index contributed by atoms with van der Waals surface area (Å²) in [6.07, 6.45) is 6.93. The van der Waals surface area contributed by atoms with Gasteiger partial charge in [0.2, 0.25) is 11.8 Å². The monoisotopic (exact) mass is 516 g/mol. The van der Waals surface area contributed by atoms with E-state index in [1.54, 1.807) is 4.90 Å². The van der Waals surface area contributed by atoms with Crippen molar-refractivity contribution in [3.63, 3.8) is 0 Å². The zero-order valence-electron chi connectivity index (χ0n) is 21.7. The van der Waals surface area contributed by atoms with Crippen molar-refractivity contribution in [2.24, 2.45) is 0 Å². The fraction of sp³-hybridized carbons (Fsp3) is 0.375. The molecule has 1 atom stereocenters. The maximum atomic E-state index is 13.8. The molecule has 0 heterocycles. The van der Waals surface area contributed by atoms with E-state index >= 15 is 0 Å². The van der Waals surface area contributed by atoms with Crippen LogP contribution in [0.1, 0.15) is 60.8 Å². The molecule has 2 amide bonds. The number of nitrogens with one attached hydrogen (secondary N) is 1. The molecule has 4 rings (SSSR count). The highest BCUT2D eigenvalue weighted by atomic mass is 35.5. The van der Waals surface area contributed by atoms with Crippen molar-refractivity contribution in [2.75, 3.05) is 0 Å². The van der Waals surface area contributed by atoms with Crippen LogP contribution in [0.5, 0.6) is 0 Å². The van der Waals surface area contributed by atoms with Gasteiger partial charge in [-0.3, -0.25) is 9.59 Å². The first-order chi connectivity index (χ1) is 18.0. The molecule has 1 aliphatic rings. The first-order valence-electron chi connectivity index (χ1n) is 13.4. The third-order valence-corrected chi connectivity index (χ3v) is 7.45. The molecule has 0 bridgehead atoms. The Bertz CT molecular complexity index is 1160. The van der Waals surface area contributed by atoms with Gasteiger partial charge in [-0.2, -0.15) is 0 Å². The second-order valence-corrected chi connectivity index (χ2v) is 10.6. The van der Waals surface area contributed by atoms with Crippen LogP contribution in [0.2, 0.25) is 5.02 Å². The van der Waals surface area contributed by atoms with Gasteiger partial charge >= 0.3 is 0 Å². The van der Waals surface area contributed by atoms with Crippen LogP contribution in [0.3, 0.4) is 0 Å². The summed E-state index contributed by atoms with van der Waals surface area (Å²) >= 11 is 6.28. The van der Waals surface area contributed by atoms with Crippen molar-refractivity contribution in [1.29, 1.82) is 0 Å². The molecule has 1 N–H and O–H groups in total. The molecule has 1 aliphatic carbocycles. The maximum Gasteiger partial charge on any atom is 0.243 e. The number of carbonyl (C=O) groups is 2. The summed E-state index contributed by atoms with van der Waals surface area (Å²) in [7, 11) is 0.